The molecule has 0 bridgehead atoms. The van der Waals surface area contributed by atoms with Crippen LogP contribution < -0.4 is 0 Å². The largest absolute Gasteiger partial charge is 0.298 e. The molecular weight excluding hydrogens is 320 g/mol. The second-order valence-electron chi connectivity index (χ2n) is 5.49. The van der Waals surface area contributed by atoms with Gasteiger partial charge in [0.2, 0.25) is 0 Å². The highest BCUT2D eigenvalue weighted by atomic mass is 16.1. The Morgan fingerprint density at radius 1 is 0.500 bits per heavy atom. The first-order valence-electron chi connectivity index (χ1n) is 8.02. The van der Waals surface area contributed by atoms with E-state index in [4.69, 9.17) is 0 Å². The Morgan fingerprint density at radius 3 is 1.27 bits per heavy atom. The Morgan fingerprint density at radius 2 is 0.885 bits per heavy atom. The minimum Gasteiger partial charge on any atom is -0.298 e. The van der Waals surface area contributed by atoms with Gasteiger partial charge in [-0.1, -0.05) is 60.1 Å². The molecule has 0 atom stereocenters. The van der Waals surface area contributed by atoms with Crippen LogP contribution in [-0.2, 0) is 0 Å². The van der Waals surface area contributed by atoms with E-state index in [9.17, 15) is 9.59 Å². The van der Waals surface area contributed by atoms with Crippen molar-refractivity contribution in [3.8, 4) is 23.7 Å². The molecule has 2 nitrogen and oxygen atoms in total. The molecule has 0 amide bonds. The predicted octanol–water partition coefficient (Wildman–Crippen LogP) is 4.11. The molecule has 2 heteroatoms. The van der Waals surface area contributed by atoms with Crippen LogP contribution in [0.5, 0.6) is 0 Å². The normalized spacial score (nSPS) is 9.23. The van der Waals surface area contributed by atoms with Crippen molar-refractivity contribution in [2.75, 3.05) is 0 Å². The highest BCUT2D eigenvalue weighted by Gasteiger charge is 1.97. The van der Waals surface area contributed by atoms with E-state index in [0.29, 0.717) is 22.3 Å². The van der Waals surface area contributed by atoms with Gasteiger partial charge in [0.25, 0.3) is 0 Å². The van der Waals surface area contributed by atoms with Crippen molar-refractivity contribution < 1.29 is 9.59 Å². The van der Waals surface area contributed by atoms with Crippen molar-refractivity contribution in [2.45, 2.75) is 0 Å². The quantitative estimate of drug-likeness (QED) is 0.522. The molecule has 0 aliphatic heterocycles. The third-order valence-electron chi connectivity index (χ3n) is 3.74. The lowest BCUT2D eigenvalue weighted by Gasteiger charge is -1.96. The maximum atomic E-state index is 11.0. The van der Waals surface area contributed by atoms with Gasteiger partial charge in [0, 0.05) is 33.4 Å². The fourth-order valence-corrected chi connectivity index (χ4v) is 2.34. The van der Waals surface area contributed by atoms with Gasteiger partial charge in [0.15, 0.2) is 12.6 Å². The SMILES string of the molecule is O=Cc1ccccc1C#Cc1ccc(C#Cc2ccccc2C=O)cc1. The molecule has 122 valence electrons. The molecule has 0 saturated heterocycles. The summed E-state index contributed by atoms with van der Waals surface area (Å²) in [7, 11) is 0. The smallest absolute Gasteiger partial charge is 0.151 e. The van der Waals surface area contributed by atoms with Gasteiger partial charge in [0.1, 0.15) is 0 Å². The van der Waals surface area contributed by atoms with Crippen LogP contribution in [0.25, 0.3) is 0 Å². The van der Waals surface area contributed by atoms with Crippen LogP contribution in [0.2, 0.25) is 0 Å². The summed E-state index contributed by atoms with van der Waals surface area (Å²) < 4.78 is 0. The zero-order chi connectivity index (χ0) is 18.2. The number of hydrogen-bond acceptors (Lipinski definition) is 2. The number of carbonyl (C=O) groups is 2. The average molecular weight is 334 g/mol. The number of aldehydes is 2. The van der Waals surface area contributed by atoms with Gasteiger partial charge in [-0.3, -0.25) is 9.59 Å². The molecule has 0 fully saturated rings. The predicted molar refractivity (Wildman–Crippen MR) is 102 cm³/mol. The summed E-state index contributed by atoms with van der Waals surface area (Å²) in [5.74, 6) is 12.1. The van der Waals surface area contributed by atoms with Crippen LogP contribution in [0.15, 0.2) is 72.8 Å². The van der Waals surface area contributed by atoms with Crippen LogP contribution in [0.3, 0.4) is 0 Å². The summed E-state index contributed by atoms with van der Waals surface area (Å²) in [5, 5.41) is 0. The fourth-order valence-electron chi connectivity index (χ4n) is 2.34. The molecule has 0 radical (unpaired) electrons. The summed E-state index contributed by atoms with van der Waals surface area (Å²) in [6.45, 7) is 0. The molecule has 0 heterocycles. The number of hydrogen-bond donors (Lipinski definition) is 0. The molecule has 3 aromatic rings. The molecule has 0 spiro atoms. The third-order valence-corrected chi connectivity index (χ3v) is 3.74. The fraction of sp³-hybridized carbons (Fsp3) is 0. The van der Waals surface area contributed by atoms with E-state index in [-0.39, 0.29) is 0 Å². The van der Waals surface area contributed by atoms with E-state index in [1.165, 1.54) is 0 Å². The maximum absolute atomic E-state index is 11.0. The van der Waals surface area contributed by atoms with E-state index in [0.717, 1.165) is 23.7 Å². The molecule has 0 N–H and O–H groups in total. The van der Waals surface area contributed by atoms with E-state index < -0.39 is 0 Å². The first-order chi connectivity index (χ1) is 12.8. The van der Waals surface area contributed by atoms with Crippen LogP contribution in [-0.4, -0.2) is 12.6 Å². The van der Waals surface area contributed by atoms with E-state index in [1.54, 1.807) is 12.1 Å². The maximum Gasteiger partial charge on any atom is 0.151 e. The van der Waals surface area contributed by atoms with Crippen LogP contribution >= 0.6 is 0 Å². The van der Waals surface area contributed by atoms with Crippen molar-refractivity contribution in [3.05, 3.63) is 106 Å². The van der Waals surface area contributed by atoms with E-state index in [2.05, 4.69) is 23.7 Å². The van der Waals surface area contributed by atoms with E-state index >= 15 is 0 Å². The van der Waals surface area contributed by atoms with Gasteiger partial charge in [-0.2, -0.15) is 0 Å². The number of benzene rings is 3. The highest BCUT2D eigenvalue weighted by Crippen LogP contribution is 2.07. The second-order valence-corrected chi connectivity index (χ2v) is 5.49. The average Bonchev–Trinajstić information content (AvgIpc) is 2.72. The Kier molecular flexibility index (Phi) is 5.41. The zero-order valence-corrected chi connectivity index (χ0v) is 13.9. The van der Waals surface area contributed by atoms with Crippen LogP contribution in [0, 0.1) is 23.7 Å². The standard InChI is InChI=1S/C24H14O2/c25-17-23-7-3-1-5-21(23)15-13-19-9-11-20(12-10-19)14-16-22-6-2-4-8-24(22)18-26/h1-12,17-18H. The highest BCUT2D eigenvalue weighted by molar-refractivity contribution is 5.80. The Labute approximate surface area is 152 Å². The lowest BCUT2D eigenvalue weighted by Crippen LogP contribution is -1.86. The van der Waals surface area contributed by atoms with Gasteiger partial charge in [-0.15, -0.1) is 0 Å². The first kappa shape index (κ1) is 17.0. The van der Waals surface area contributed by atoms with Crippen molar-refractivity contribution >= 4 is 12.6 Å². The first-order valence-corrected chi connectivity index (χ1v) is 8.02. The molecule has 3 rings (SSSR count). The molecule has 0 unspecified atom stereocenters. The Hall–Kier alpha value is -3.88. The molecule has 3 aromatic carbocycles. The van der Waals surface area contributed by atoms with Gasteiger partial charge < -0.3 is 0 Å². The van der Waals surface area contributed by atoms with Crippen LogP contribution in [0.1, 0.15) is 43.0 Å². The molecule has 26 heavy (non-hydrogen) atoms. The Bertz CT molecular complexity index is 980. The van der Waals surface area contributed by atoms with Crippen molar-refractivity contribution in [3.63, 3.8) is 0 Å². The third kappa shape index (κ3) is 4.15. The summed E-state index contributed by atoms with van der Waals surface area (Å²) in [6, 6.07) is 22.0. The Balaban J connectivity index is 1.80. The molecule has 0 aliphatic carbocycles. The molecular formula is C24H14O2. The van der Waals surface area contributed by atoms with Crippen LogP contribution in [0.4, 0.5) is 0 Å². The summed E-state index contributed by atoms with van der Waals surface area (Å²) >= 11 is 0. The lowest BCUT2D eigenvalue weighted by atomic mass is 10.1. The van der Waals surface area contributed by atoms with Gasteiger partial charge >= 0.3 is 0 Å². The number of carbonyl (C=O) groups excluding carboxylic acids is 2. The van der Waals surface area contributed by atoms with Crippen molar-refractivity contribution in [1.29, 1.82) is 0 Å². The lowest BCUT2D eigenvalue weighted by molar-refractivity contribution is 0.111. The van der Waals surface area contributed by atoms with Gasteiger partial charge in [-0.05, 0) is 36.4 Å². The summed E-state index contributed by atoms with van der Waals surface area (Å²) in [6.07, 6.45) is 1.61. The molecule has 0 aromatic heterocycles. The topological polar surface area (TPSA) is 34.1 Å². The monoisotopic (exact) mass is 334 g/mol. The summed E-state index contributed by atoms with van der Waals surface area (Å²) in [5.41, 5.74) is 4.25. The van der Waals surface area contributed by atoms with E-state index in [1.807, 2.05) is 60.7 Å². The molecule has 0 saturated carbocycles. The minimum atomic E-state index is 0.580. The van der Waals surface area contributed by atoms with Gasteiger partial charge in [0.05, 0.1) is 0 Å². The number of rotatable bonds is 2. The van der Waals surface area contributed by atoms with Crippen molar-refractivity contribution in [1.82, 2.24) is 0 Å². The molecule has 0 aliphatic rings. The second kappa shape index (κ2) is 8.29. The zero-order valence-electron chi connectivity index (χ0n) is 13.9. The minimum absolute atomic E-state index is 0.580. The van der Waals surface area contributed by atoms with Crippen molar-refractivity contribution in [2.24, 2.45) is 0 Å². The summed E-state index contributed by atoms with van der Waals surface area (Å²) in [4.78, 5) is 22.0. The van der Waals surface area contributed by atoms with Gasteiger partial charge in [-0.25, -0.2) is 0 Å².